The highest BCUT2D eigenvalue weighted by molar-refractivity contribution is 7.87. The predicted octanol–water partition coefficient (Wildman–Crippen LogP) is 1.31. The van der Waals surface area contributed by atoms with Crippen LogP contribution in [-0.2, 0) is 15.0 Å². The summed E-state index contributed by atoms with van der Waals surface area (Å²) in [7, 11) is -4.78. The van der Waals surface area contributed by atoms with E-state index in [2.05, 4.69) is 0 Å². The lowest BCUT2D eigenvalue weighted by Gasteiger charge is -2.18. The minimum atomic E-state index is -4.78. The van der Waals surface area contributed by atoms with Gasteiger partial charge in [-0.1, -0.05) is 0 Å². The average Bonchev–Trinajstić information content (AvgIpc) is 2.71. The summed E-state index contributed by atoms with van der Waals surface area (Å²) in [6.45, 7) is 1.28. The molecule has 0 radical (unpaired) electrons. The number of benzene rings is 1. The number of carbonyl (C=O) groups excluding carboxylic acids is 1. The van der Waals surface area contributed by atoms with Crippen molar-refractivity contribution >= 4 is 27.5 Å². The lowest BCUT2D eigenvalue weighted by atomic mass is 10.1. The van der Waals surface area contributed by atoms with Crippen LogP contribution in [0.4, 0.5) is 15.3 Å². The SMILES string of the molecule is Cc1cc([N+](=O)[O-])ccc1N1CC(S(=O)(=O)F)CC1=O. The van der Waals surface area contributed by atoms with Crippen molar-refractivity contribution in [3.05, 3.63) is 33.9 Å². The quantitative estimate of drug-likeness (QED) is 0.476. The number of hydrogen-bond donors (Lipinski definition) is 0. The van der Waals surface area contributed by atoms with Gasteiger partial charge in [0.15, 0.2) is 0 Å². The second kappa shape index (κ2) is 4.82. The topological polar surface area (TPSA) is 97.6 Å². The van der Waals surface area contributed by atoms with Crippen LogP contribution >= 0.6 is 0 Å². The van der Waals surface area contributed by atoms with E-state index < -0.39 is 32.7 Å². The van der Waals surface area contributed by atoms with E-state index in [4.69, 9.17) is 0 Å². The third-order valence-corrected chi connectivity index (χ3v) is 4.28. The first-order valence-corrected chi connectivity index (χ1v) is 7.13. The molecule has 1 aliphatic rings. The lowest BCUT2D eigenvalue weighted by Crippen LogP contribution is -2.27. The second-order valence-electron chi connectivity index (χ2n) is 4.53. The number of non-ortho nitro benzene ring substituents is 1. The highest BCUT2D eigenvalue weighted by Gasteiger charge is 2.39. The van der Waals surface area contributed by atoms with Gasteiger partial charge in [-0.05, 0) is 18.6 Å². The molecule has 1 aromatic carbocycles. The van der Waals surface area contributed by atoms with Crippen molar-refractivity contribution in [3.63, 3.8) is 0 Å². The molecule has 1 unspecified atom stereocenters. The average molecular weight is 302 g/mol. The predicted molar refractivity (Wildman–Crippen MR) is 68.6 cm³/mol. The number of aryl methyl sites for hydroxylation is 1. The van der Waals surface area contributed by atoms with Crippen LogP contribution in [0.25, 0.3) is 0 Å². The zero-order valence-electron chi connectivity index (χ0n) is 10.4. The van der Waals surface area contributed by atoms with E-state index in [0.717, 1.165) is 4.90 Å². The third-order valence-electron chi connectivity index (χ3n) is 3.17. The Kier molecular flexibility index (Phi) is 3.46. The van der Waals surface area contributed by atoms with Crippen molar-refractivity contribution in [2.45, 2.75) is 18.6 Å². The monoisotopic (exact) mass is 302 g/mol. The molecular formula is C11H11FN2O5S. The van der Waals surface area contributed by atoms with Crippen molar-refractivity contribution < 1.29 is 22.0 Å². The molecule has 0 bridgehead atoms. The van der Waals surface area contributed by atoms with Gasteiger partial charge in [0.05, 0.1) is 4.92 Å². The Hall–Kier alpha value is -2.03. The highest BCUT2D eigenvalue weighted by atomic mass is 32.3. The number of rotatable bonds is 3. The van der Waals surface area contributed by atoms with E-state index >= 15 is 0 Å². The van der Waals surface area contributed by atoms with E-state index in [-0.39, 0.29) is 12.2 Å². The number of anilines is 1. The molecule has 7 nitrogen and oxygen atoms in total. The summed E-state index contributed by atoms with van der Waals surface area (Å²) >= 11 is 0. The third kappa shape index (κ3) is 2.62. The molecule has 2 rings (SSSR count). The van der Waals surface area contributed by atoms with Crippen molar-refractivity contribution in [2.75, 3.05) is 11.4 Å². The van der Waals surface area contributed by atoms with Crippen LogP contribution < -0.4 is 4.90 Å². The van der Waals surface area contributed by atoms with Crippen molar-refractivity contribution in [1.29, 1.82) is 0 Å². The second-order valence-corrected chi connectivity index (χ2v) is 6.15. The van der Waals surface area contributed by atoms with Gasteiger partial charge in [0, 0.05) is 30.8 Å². The van der Waals surface area contributed by atoms with Crippen LogP contribution in [0.3, 0.4) is 0 Å². The van der Waals surface area contributed by atoms with E-state index in [1.54, 1.807) is 6.92 Å². The number of carbonyl (C=O) groups is 1. The van der Waals surface area contributed by atoms with Gasteiger partial charge in [0.25, 0.3) is 5.69 Å². The number of hydrogen-bond acceptors (Lipinski definition) is 5. The molecule has 1 aromatic rings. The van der Waals surface area contributed by atoms with Gasteiger partial charge in [-0.15, -0.1) is 3.89 Å². The van der Waals surface area contributed by atoms with Crippen molar-refractivity contribution in [2.24, 2.45) is 0 Å². The number of halogens is 1. The maximum atomic E-state index is 12.9. The van der Waals surface area contributed by atoms with E-state index in [9.17, 15) is 27.2 Å². The summed E-state index contributed by atoms with van der Waals surface area (Å²) in [4.78, 5) is 23.0. The fourth-order valence-corrected chi connectivity index (χ4v) is 2.82. The van der Waals surface area contributed by atoms with Crippen LogP contribution in [0.2, 0.25) is 0 Å². The lowest BCUT2D eigenvalue weighted by molar-refractivity contribution is -0.384. The number of nitro groups is 1. The molecule has 0 spiro atoms. The fraction of sp³-hybridized carbons (Fsp3) is 0.364. The Morgan fingerprint density at radius 2 is 2.10 bits per heavy atom. The Balaban J connectivity index is 2.33. The first-order valence-electron chi connectivity index (χ1n) is 5.69. The van der Waals surface area contributed by atoms with E-state index in [1.165, 1.54) is 18.2 Å². The molecule has 1 aliphatic heterocycles. The highest BCUT2D eigenvalue weighted by Crippen LogP contribution is 2.30. The maximum absolute atomic E-state index is 12.9. The molecular weight excluding hydrogens is 291 g/mol. The summed E-state index contributed by atoms with van der Waals surface area (Å²) in [5.74, 6) is -0.520. The molecule has 0 saturated carbocycles. The molecule has 1 saturated heterocycles. The van der Waals surface area contributed by atoms with Crippen molar-refractivity contribution in [1.82, 2.24) is 0 Å². The molecule has 20 heavy (non-hydrogen) atoms. The van der Waals surface area contributed by atoms with Crippen LogP contribution in [0.1, 0.15) is 12.0 Å². The molecule has 1 heterocycles. The van der Waals surface area contributed by atoms with Gasteiger partial charge in [-0.25, -0.2) is 0 Å². The molecule has 1 atom stereocenters. The number of amides is 1. The van der Waals surface area contributed by atoms with E-state index in [1.807, 2.05) is 0 Å². The Bertz CT molecular complexity index is 688. The molecule has 1 fully saturated rings. The summed E-state index contributed by atoms with van der Waals surface area (Å²) in [6, 6.07) is 3.85. The van der Waals surface area contributed by atoms with Crippen molar-refractivity contribution in [3.8, 4) is 0 Å². The summed E-state index contributed by atoms with van der Waals surface area (Å²) in [6.07, 6.45) is -0.421. The van der Waals surface area contributed by atoms with E-state index in [0.29, 0.717) is 11.3 Å². The zero-order chi connectivity index (χ0) is 15.1. The smallest absolute Gasteiger partial charge is 0.307 e. The molecule has 9 heteroatoms. The molecule has 108 valence electrons. The van der Waals surface area contributed by atoms with Gasteiger partial charge in [-0.3, -0.25) is 14.9 Å². The number of nitro benzene ring substituents is 1. The van der Waals surface area contributed by atoms with Gasteiger partial charge >= 0.3 is 10.2 Å². The fourth-order valence-electron chi connectivity index (χ4n) is 2.15. The standard InChI is InChI=1S/C11H11FN2O5S/c1-7-4-8(14(16)17)2-3-10(7)13-6-9(5-11(13)15)20(12,18)19/h2-4,9H,5-6H2,1H3. The summed E-state index contributed by atoms with van der Waals surface area (Å²) in [5.41, 5.74) is 0.670. The number of nitrogens with zero attached hydrogens (tertiary/aromatic N) is 2. The minimum Gasteiger partial charge on any atom is -0.311 e. The summed E-state index contributed by atoms with van der Waals surface area (Å²) < 4.78 is 34.6. The molecule has 0 aliphatic carbocycles. The van der Waals surface area contributed by atoms with Gasteiger partial charge in [0.2, 0.25) is 5.91 Å². The largest absolute Gasteiger partial charge is 0.311 e. The Morgan fingerprint density at radius 1 is 1.45 bits per heavy atom. The Labute approximate surface area is 114 Å². The van der Waals surface area contributed by atoms with Gasteiger partial charge < -0.3 is 4.90 Å². The zero-order valence-corrected chi connectivity index (χ0v) is 11.3. The molecule has 0 aromatic heterocycles. The molecule has 0 N–H and O–H groups in total. The first-order chi connectivity index (χ1) is 9.20. The Morgan fingerprint density at radius 3 is 2.55 bits per heavy atom. The minimum absolute atomic E-state index is 0.132. The normalized spacial score (nSPS) is 19.4. The molecule has 1 amide bonds. The maximum Gasteiger partial charge on any atom is 0.307 e. The van der Waals surface area contributed by atoms with Crippen LogP contribution in [0.5, 0.6) is 0 Å². The van der Waals surface area contributed by atoms with Crippen LogP contribution in [0, 0.1) is 17.0 Å². The summed E-state index contributed by atoms with van der Waals surface area (Å²) in [5, 5.41) is 9.25. The van der Waals surface area contributed by atoms with Gasteiger partial charge in [-0.2, -0.15) is 8.42 Å². The van der Waals surface area contributed by atoms with Gasteiger partial charge in [0.1, 0.15) is 5.25 Å². The van der Waals surface area contributed by atoms with Crippen LogP contribution in [0.15, 0.2) is 18.2 Å². The van der Waals surface area contributed by atoms with Crippen LogP contribution in [-0.4, -0.2) is 31.0 Å². The first kappa shape index (κ1) is 14.4.